The largest absolute Gasteiger partial charge is 0.396 e. The summed E-state index contributed by atoms with van der Waals surface area (Å²) in [6.07, 6.45) is 3.49. The molecular formula is C11H23NO. The first-order chi connectivity index (χ1) is 5.97. The number of aliphatic hydroxyl groups excluding tert-OH is 1. The Labute approximate surface area is 81.7 Å². The normalized spacial score (nSPS) is 29.5. The molecule has 13 heavy (non-hydrogen) atoms. The Morgan fingerprint density at radius 2 is 2.08 bits per heavy atom. The molecule has 0 aromatic carbocycles. The molecule has 0 aromatic heterocycles. The Bertz CT molecular complexity index is 154. The van der Waals surface area contributed by atoms with Crippen molar-refractivity contribution in [3.8, 4) is 0 Å². The van der Waals surface area contributed by atoms with Gasteiger partial charge in [-0.1, -0.05) is 20.8 Å². The molecular weight excluding hydrogens is 162 g/mol. The summed E-state index contributed by atoms with van der Waals surface area (Å²) in [5.41, 5.74) is 0.581. The minimum Gasteiger partial charge on any atom is -0.396 e. The van der Waals surface area contributed by atoms with Crippen LogP contribution in [0.4, 0.5) is 0 Å². The van der Waals surface area contributed by atoms with Crippen molar-refractivity contribution < 1.29 is 5.11 Å². The second-order valence-corrected chi connectivity index (χ2v) is 5.65. The zero-order valence-electron chi connectivity index (χ0n) is 9.19. The number of aliphatic hydroxyl groups is 1. The summed E-state index contributed by atoms with van der Waals surface area (Å²) < 4.78 is 0. The van der Waals surface area contributed by atoms with Gasteiger partial charge in [-0.15, -0.1) is 0 Å². The molecule has 1 aliphatic heterocycles. The topological polar surface area (TPSA) is 32.3 Å². The van der Waals surface area contributed by atoms with Crippen LogP contribution in [-0.4, -0.2) is 24.8 Å². The first-order valence-corrected chi connectivity index (χ1v) is 5.29. The van der Waals surface area contributed by atoms with E-state index in [9.17, 15) is 5.11 Å². The molecule has 0 bridgehead atoms. The fourth-order valence-corrected chi connectivity index (χ4v) is 1.86. The Kier molecular flexibility index (Phi) is 3.36. The molecule has 1 saturated heterocycles. The van der Waals surface area contributed by atoms with Crippen LogP contribution in [0.15, 0.2) is 0 Å². The fraction of sp³-hybridized carbons (Fsp3) is 1.00. The van der Waals surface area contributed by atoms with E-state index in [1.54, 1.807) is 0 Å². The van der Waals surface area contributed by atoms with Crippen LogP contribution in [0.1, 0.15) is 40.0 Å². The van der Waals surface area contributed by atoms with Gasteiger partial charge in [0.2, 0.25) is 0 Å². The average molecular weight is 185 g/mol. The molecule has 0 saturated carbocycles. The Morgan fingerprint density at radius 3 is 2.46 bits per heavy atom. The molecule has 1 unspecified atom stereocenters. The van der Waals surface area contributed by atoms with Gasteiger partial charge in [0.05, 0.1) is 0 Å². The maximum absolute atomic E-state index is 9.37. The molecule has 1 fully saturated rings. The molecule has 1 rings (SSSR count). The van der Waals surface area contributed by atoms with Crippen molar-refractivity contribution in [2.45, 2.75) is 40.0 Å². The van der Waals surface area contributed by atoms with Crippen LogP contribution >= 0.6 is 0 Å². The number of hydrogen-bond acceptors (Lipinski definition) is 2. The van der Waals surface area contributed by atoms with Crippen molar-refractivity contribution in [3.05, 3.63) is 0 Å². The molecule has 1 heterocycles. The molecule has 1 aliphatic rings. The summed E-state index contributed by atoms with van der Waals surface area (Å²) in [7, 11) is 0. The van der Waals surface area contributed by atoms with E-state index in [0.717, 1.165) is 25.9 Å². The summed E-state index contributed by atoms with van der Waals surface area (Å²) in [4.78, 5) is 0. The third-order valence-electron chi connectivity index (χ3n) is 3.07. The minimum atomic E-state index is 0.188. The van der Waals surface area contributed by atoms with Crippen LogP contribution in [0.3, 0.4) is 0 Å². The molecule has 0 spiro atoms. The molecule has 0 aliphatic carbocycles. The highest BCUT2D eigenvalue weighted by atomic mass is 16.3. The number of hydrogen-bond donors (Lipinski definition) is 2. The van der Waals surface area contributed by atoms with Crippen LogP contribution in [-0.2, 0) is 0 Å². The van der Waals surface area contributed by atoms with E-state index in [4.69, 9.17) is 0 Å². The van der Waals surface area contributed by atoms with E-state index in [2.05, 4.69) is 26.1 Å². The number of rotatable bonds is 3. The minimum absolute atomic E-state index is 0.188. The van der Waals surface area contributed by atoms with E-state index in [0.29, 0.717) is 12.0 Å². The van der Waals surface area contributed by atoms with Gasteiger partial charge in [-0.3, -0.25) is 0 Å². The molecule has 0 radical (unpaired) electrons. The Balaban J connectivity index is 2.40. The van der Waals surface area contributed by atoms with Gasteiger partial charge >= 0.3 is 0 Å². The fourth-order valence-electron chi connectivity index (χ4n) is 1.86. The van der Waals surface area contributed by atoms with Gasteiger partial charge in [0.1, 0.15) is 0 Å². The molecule has 2 nitrogen and oxygen atoms in total. The lowest BCUT2D eigenvalue weighted by molar-refractivity contribution is 0.118. The lowest BCUT2D eigenvalue weighted by Gasteiger charge is -2.29. The van der Waals surface area contributed by atoms with Crippen molar-refractivity contribution >= 4 is 0 Å². The van der Waals surface area contributed by atoms with Gasteiger partial charge in [0, 0.05) is 18.6 Å². The van der Waals surface area contributed by atoms with Crippen LogP contribution in [0, 0.1) is 10.8 Å². The standard InChI is InChI=1S/C11H23NO/c1-10(2,3)4-5-11(9-13)6-7-12-8-11/h12-13H,4-9H2,1-3H3. The van der Waals surface area contributed by atoms with Crippen molar-refractivity contribution in [1.29, 1.82) is 0 Å². The first-order valence-electron chi connectivity index (χ1n) is 5.29. The van der Waals surface area contributed by atoms with Crippen LogP contribution in [0.2, 0.25) is 0 Å². The van der Waals surface area contributed by atoms with Gasteiger partial charge in [-0.25, -0.2) is 0 Å². The zero-order chi connectivity index (χ0) is 9.95. The van der Waals surface area contributed by atoms with Crippen LogP contribution in [0.5, 0.6) is 0 Å². The maximum Gasteiger partial charge on any atom is 0.0500 e. The van der Waals surface area contributed by atoms with Gasteiger partial charge < -0.3 is 10.4 Å². The Hall–Kier alpha value is -0.0800. The van der Waals surface area contributed by atoms with Crippen molar-refractivity contribution in [2.24, 2.45) is 10.8 Å². The molecule has 78 valence electrons. The molecule has 0 aromatic rings. The molecule has 1 atom stereocenters. The van der Waals surface area contributed by atoms with E-state index in [-0.39, 0.29) is 5.41 Å². The van der Waals surface area contributed by atoms with Gasteiger partial charge in [0.25, 0.3) is 0 Å². The monoisotopic (exact) mass is 185 g/mol. The quantitative estimate of drug-likeness (QED) is 0.702. The third-order valence-corrected chi connectivity index (χ3v) is 3.07. The van der Waals surface area contributed by atoms with E-state index in [1.165, 1.54) is 6.42 Å². The van der Waals surface area contributed by atoms with Crippen molar-refractivity contribution in [3.63, 3.8) is 0 Å². The number of nitrogens with one attached hydrogen (secondary N) is 1. The van der Waals surface area contributed by atoms with Gasteiger partial charge in [0.15, 0.2) is 0 Å². The highest BCUT2D eigenvalue weighted by Crippen LogP contribution is 2.34. The van der Waals surface area contributed by atoms with Gasteiger partial charge in [-0.05, 0) is 31.2 Å². The Morgan fingerprint density at radius 1 is 1.38 bits per heavy atom. The summed E-state index contributed by atoms with van der Waals surface area (Å²) in [5, 5.41) is 12.7. The SMILES string of the molecule is CC(C)(C)CCC1(CO)CCNC1. The lowest BCUT2D eigenvalue weighted by atomic mass is 9.77. The average Bonchev–Trinajstić information content (AvgIpc) is 2.49. The second kappa shape index (κ2) is 3.97. The molecule has 0 amide bonds. The second-order valence-electron chi connectivity index (χ2n) is 5.65. The summed E-state index contributed by atoms with van der Waals surface area (Å²) in [5.74, 6) is 0. The predicted octanol–water partition coefficient (Wildman–Crippen LogP) is 1.78. The first kappa shape index (κ1) is 11.0. The summed E-state index contributed by atoms with van der Waals surface area (Å²) >= 11 is 0. The molecule has 2 heteroatoms. The molecule has 2 N–H and O–H groups in total. The van der Waals surface area contributed by atoms with Crippen molar-refractivity contribution in [1.82, 2.24) is 5.32 Å². The van der Waals surface area contributed by atoms with Crippen LogP contribution in [0.25, 0.3) is 0 Å². The van der Waals surface area contributed by atoms with E-state index in [1.807, 2.05) is 0 Å². The zero-order valence-corrected chi connectivity index (χ0v) is 9.19. The smallest absolute Gasteiger partial charge is 0.0500 e. The van der Waals surface area contributed by atoms with E-state index < -0.39 is 0 Å². The van der Waals surface area contributed by atoms with Gasteiger partial charge in [-0.2, -0.15) is 0 Å². The third kappa shape index (κ3) is 3.28. The maximum atomic E-state index is 9.37. The van der Waals surface area contributed by atoms with Crippen LogP contribution < -0.4 is 5.32 Å². The predicted molar refractivity (Wildman–Crippen MR) is 55.7 cm³/mol. The lowest BCUT2D eigenvalue weighted by Crippen LogP contribution is -2.29. The van der Waals surface area contributed by atoms with Crippen molar-refractivity contribution in [2.75, 3.05) is 19.7 Å². The highest BCUT2D eigenvalue weighted by molar-refractivity contribution is 4.88. The highest BCUT2D eigenvalue weighted by Gasteiger charge is 2.33. The summed E-state index contributed by atoms with van der Waals surface area (Å²) in [6.45, 7) is 9.21. The summed E-state index contributed by atoms with van der Waals surface area (Å²) in [6, 6.07) is 0. The van der Waals surface area contributed by atoms with E-state index >= 15 is 0 Å².